The van der Waals surface area contributed by atoms with Gasteiger partial charge in [0.1, 0.15) is 22.5 Å². The number of furan rings is 1. The van der Waals surface area contributed by atoms with Gasteiger partial charge in [0.2, 0.25) is 11.8 Å². The molecule has 0 unspecified atom stereocenters. The predicted molar refractivity (Wildman–Crippen MR) is 152 cm³/mol. The molecule has 0 spiro atoms. The molecule has 4 aromatic rings. The molecule has 3 amide bonds. The lowest BCUT2D eigenvalue weighted by Crippen LogP contribution is -2.46. The van der Waals surface area contributed by atoms with E-state index in [9.17, 15) is 14.4 Å². The van der Waals surface area contributed by atoms with E-state index in [4.69, 9.17) is 14.1 Å². The highest BCUT2D eigenvalue weighted by Gasteiger charge is 2.53. The molecule has 13 heteroatoms. The van der Waals surface area contributed by atoms with Crippen LogP contribution in [0.4, 0.5) is 15.9 Å². The lowest BCUT2D eigenvalue weighted by molar-refractivity contribution is -0.127. The smallest absolute Gasteiger partial charge is 0.257 e. The number of ether oxygens (including phenoxy) is 1. The summed E-state index contributed by atoms with van der Waals surface area (Å²) in [5, 5.41) is 9.40. The van der Waals surface area contributed by atoms with Crippen LogP contribution in [0.2, 0.25) is 0 Å². The zero-order valence-corrected chi connectivity index (χ0v) is 23.7. The van der Waals surface area contributed by atoms with Gasteiger partial charge in [0.15, 0.2) is 17.1 Å². The molecule has 3 aliphatic heterocycles. The van der Waals surface area contributed by atoms with Crippen LogP contribution < -0.4 is 15.0 Å². The van der Waals surface area contributed by atoms with E-state index < -0.39 is 29.0 Å². The Morgan fingerprint density at radius 2 is 2.00 bits per heavy atom. The number of nitrogens with one attached hydrogen (secondary N) is 2. The second-order valence-electron chi connectivity index (χ2n) is 11.4. The highest BCUT2D eigenvalue weighted by atomic mass is 19.1. The van der Waals surface area contributed by atoms with Gasteiger partial charge in [0.25, 0.3) is 5.91 Å². The Hall–Kier alpha value is -4.78. The maximum absolute atomic E-state index is 15.0. The molecule has 7 rings (SSSR count). The summed E-state index contributed by atoms with van der Waals surface area (Å²) >= 11 is 0. The van der Waals surface area contributed by atoms with E-state index in [-0.39, 0.29) is 42.6 Å². The first-order valence-corrected chi connectivity index (χ1v) is 14.1. The molecular weight excluding hydrogens is 557 g/mol. The van der Waals surface area contributed by atoms with Crippen molar-refractivity contribution in [3.63, 3.8) is 0 Å². The molecule has 1 atom stereocenters. The summed E-state index contributed by atoms with van der Waals surface area (Å²) in [6.07, 6.45) is 5.27. The normalized spacial score (nSPS) is 21.1. The van der Waals surface area contributed by atoms with E-state index in [1.165, 1.54) is 18.1 Å². The number of benzene rings is 1. The van der Waals surface area contributed by atoms with Crippen LogP contribution in [0.25, 0.3) is 11.1 Å². The molecule has 3 aliphatic rings. The highest BCUT2D eigenvalue weighted by Crippen LogP contribution is 2.40. The summed E-state index contributed by atoms with van der Waals surface area (Å²) in [6.45, 7) is 1.82. The van der Waals surface area contributed by atoms with Gasteiger partial charge in [0.05, 0.1) is 31.0 Å². The number of rotatable bonds is 7. The maximum atomic E-state index is 15.0. The number of methoxy groups -OCH3 is 1. The molecule has 0 saturated carbocycles. The third kappa shape index (κ3) is 4.42. The summed E-state index contributed by atoms with van der Waals surface area (Å²) in [5.41, 5.74) is 0.711. The van der Waals surface area contributed by atoms with Crippen molar-refractivity contribution in [2.75, 3.05) is 38.7 Å². The fraction of sp³-hybridized carbons (Fsp3) is 0.367. The number of amides is 3. The number of imide groups is 1. The van der Waals surface area contributed by atoms with Crippen molar-refractivity contribution in [3.8, 4) is 5.75 Å². The number of likely N-dealkylation sites (tertiary alicyclic amines) is 1. The van der Waals surface area contributed by atoms with Gasteiger partial charge in [-0.25, -0.2) is 9.37 Å². The molecule has 2 N–H and O–H groups in total. The van der Waals surface area contributed by atoms with Gasteiger partial charge in [-0.3, -0.25) is 24.8 Å². The van der Waals surface area contributed by atoms with Gasteiger partial charge in [-0.1, -0.05) is 6.07 Å². The van der Waals surface area contributed by atoms with Crippen LogP contribution in [0, 0.1) is 5.82 Å². The monoisotopic (exact) mass is 587 g/mol. The fourth-order valence-corrected chi connectivity index (χ4v) is 6.50. The van der Waals surface area contributed by atoms with Gasteiger partial charge in [-0.15, -0.1) is 0 Å². The van der Waals surface area contributed by atoms with Gasteiger partial charge in [0, 0.05) is 31.4 Å². The number of piperidine rings is 1. The zero-order chi connectivity index (χ0) is 29.9. The highest BCUT2D eigenvalue weighted by molar-refractivity contribution is 6.10. The summed E-state index contributed by atoms with van der Waals surface area (Å²) in [4.78, 5) is 50.1. The number of H-pyrrole nitrogens is 1. The maximum Gasteiger partial charge on any atom is 0.257 e. The molecule has 0 aliphatic carbocycles. The summed E-state index contributed by atoms with van der Waals surface area (Å²) in [5.74, 6) is -1.52. The number of pyridine rings is 1. The van der Waals surface area contributed by atoms with Crippen molar-refractivity contribution in [1.29, 1.82) is 0 Å². The van der Waals surface area contributed by atoms with Crippen LogP contribution in [-0.4, -0.2) is 82.5 Å². The number of hydrogen-bond acceptors (Lipinski definition) is 9. The topological polar surface area (TPSA) is 137 Å². The van der Waals surface area contributed by atoms with Gasteiger partial charge in [-0.05, 0) is 56.7 Å². The van der Waals surface area contributed by atoms with Crippen LogP contribution in [-0.2, 0) is 21.5 Å². The van der Waals surface area contributed by atoms with Crippen LogP contribution in [0.5, 0.6) is 5.75 Å². The Labute approximate surface area is 245 Å². The zero-order valence-electron chi connectivity index (χ0n) is 23.7. The van der Waals surface area contributed by atoms with Gasteiger partial charge < -0.3 is 23.9 Å². The summed E-state index contributed by atoms with van der Waals surface area (Å²) in [6, 6.07) is 8.62. The second-order valence-corrected chi connectivity index (χ2v) is 11.4. The average Bonchev–Trinajstić information content (AvgIpc) is 3.78. The molecule has 1 aromatic carbocycles. The lowest BCUT2D eigenvalue weighted by atomic mass is 9.82. The number of aromatic amines is 1. The van der Waals surface area contributed by atoms with Crippen LogP contribution in [0.1, 0.15) is 40.9 Å². The first kappa shape index (κ1) is 27.1. The van der Waals surface area contributed by atoms with Crippen molar-refractivity contribution in [2.45, 2.75) is 37.3 Å². The first-order valence-electron chi connectivity index (χ1n) is 14.1. The van der Waals surface area contributed by atoms with Crippen molar-refractivity contribution >= 4 is 40.3 Å². The van der Waals surface area contributed by atoms with E-state index in [2.05, 4.69) is 32.4 Å². The largest absolute Gasteiger partial charge is 0.494 e. The third-order valence-corrected chi connectivity index (χ3v) is 8.78. The quantitative estimate of drug-likeness (QED) is 0.313. The van der Waals surface area contributed by atoms with E-state index in [1.54, 1.807) is 24.4 Å². The van der Waals surface area contributed by atoms with Crippen molar-refractivity contribution in [1.82, 2.24) is 30.3 Å². The average molecular weight is 588 g/mol. The van der Waals surface area contributed by atoms with Gasteiger partial charge >= 0.3 is 0 Å². The Morgan fingerprint density at radius 1 is 1.19 bits per heavy atom. The van der Waals surface area contributed by atoms with E-state index >= 15 is 4.39 Å². The molecule has 43 heavy (non-hydrogen) atoms. The van der Waals surface area contributed by atoms with E-state index in [1.807, 2.05) is 12.3 Å². The minimum absolute atomic E-state index is 0.0404. The minimum atomic E-state index is -1.51. The molecule has 2 saturated heterocycles. The molecule has 0 radical (unpaired) electrons. The number of carbonyl (C=O) groups excluding carboxylic acids is 3. The van der Waals surface area contributed by atoms with Crippen molar-refractivity contribution < 1.29 is 27.9 Å². The predicted octanol–water partition coefficient (Wildman–Crippen LogP) is 2.87. The lowest BCUT2D eigenvalue weighted by Gasteiger charge is -2.37. The Balaban J connectivity index is 1.24. The van der Waals surface area contributed by atoms with Crippen LogP contribution >= 0.6 is 0 Å². The minimum Gasteiger partial charge on any atom is -0.494 e. The molecule has 12 nitrogen and oxygen atoms in total. The molecule has 222 valence electrons. The second kappa shape index (κ2) is 10.2. The number of nitrogens with zero attached hydrogens (tertiary/aromatic N) is 5. The SMILES string of the molecule is COc1ccc2c(c1F)C(=O)N(C[C@@]1(c3cc4nc(N(c5cn[nH]c5)C5CCN(C)CC5)ccc4o3)CC(=O)NC1=O)C2. The van der Waals surface area contributed by atoms with Crippen LogP contribution in [0.15, 0.2) is 47.1 Å². The Kier molecular flexibility index (Phi) is 6.42. The molecule has 0 bridgehead atoms. The first-order chi connectivity index (χ1) is 20.8. The Morgan fingerprint density at radius 3 is 2.70 bits per heavy atom. The number of carbonyl (C=O) groups is 3. The van der Waals surface area contributed by atoms with E-state index in [0.717, 1.165) is 31.6 Å². The fourth-order valence-electron chi connectivity index (χ4n) is 6.50. The third-order valence-electron chi connectivity index (χ3n) is 8.78. The Bertz CT molecular complexity index is 1750. The van der Waals surface area contributed by atoms with Crippen LogP contribution in [0.3, 0.4) is 0 Å². The number of anilines is 2. The summed E-state index contributed by atoms with van der Waals surface area (Å²) < 4.78 is 26.3. The molecule has 3 aromatic heterocycles. The van der Waals surface area contributed by atoms with Crippen molar-refractivity contribution in [3.05, 3.63) is 65.4 Å². The molecule has 2 fully saturated rings. The molecule has 6 heterocycles. The van der Waals surface area contributed by atoms with E-state index in [0.29, 0.717) is 22.5 Å². The standard InChI is InChI=1S/C30H30FN7O5/c1-36-9-7-18(8-10-36)38(19-13-32-33-14-19)24-6-5-21-20(34-24)11-23(43-21)30(12-25(39)35-29(30)41)16-37-15-17-3-4-22(42-2)27(31)26(17)28(37)40/h3-6,11,13-14,18H,7-10,12,15-16H2,1-2H3,(H,32,33)(H,35,39,41)/t30-/m1/s1. The number of fused-ring (bicyclic) bond motifs is 2. The molecular formula is C30H30FN7O5. The number of aromatic nitrogens is 3. The van der Waals surface area contributed by atoms with Crippen molar-refractivity contribution in [2.24, 2.45) is 0 Å². The number of halogens is 1. The van der Waals surface area contributed by atoms with Gasteiger partial charge in [-0.2, -0.15) is 5.10 Å². The number of hydrogen-bond donors (Lipinski definition) is 2. The summed E-state index contributed by atoms with van der Waals surface area (Å²) in [7, 11) is 3.44.